The van der Waals surface area contributed by atoms with Gasteiger partial charge in [-0.25, -0.2) is 13.1 Å². The molecule has 4 N–H and O–H groups in total. The number of nitrogens with one attached hydrogen (secondary N) is 2. The Morgan fingerprint density at radius 1 is 1.50 bits per heavy atom. The van der Waals surface area contributed by atoms with E-state index in [2.05, 4.69) is 20.2 Å². The van der Waals surface area contributed by atoms with E-state index in [1.54, 1.807) is 0 Å². The fourth-order valence-electron chi connectivity index (χ4n) is 0.942. The van der Waals surface area contributed by atoms with E-state index in [9.17, 15) is 13.2 Å². The van der Waals surface area contributed by atoms with Crippen LogP contribution in [0.4, 0.5) is 5.13 Å². The molecule has 1 atom stereocenters. The van der Waals surface area contributed by atoms with Crippen molar-refractivity contribution < 1.29 is 13.2 Å². The van der Waals surface area contributed by atoms with Crippen LogP contribution in [0.1, 0.15) is 20.3 Å². The summed E-state index contributed by atoms with van der Waals surface area (Å²) in [5.74, 6) is -0.337. The van der Waals surface area contributed by atoms with Gasteiger partial charge in [0.25, 0.3) is 10.0 Å². The molecule has 1 aromatic heterocycles. The van der Waals surface area contributed by atoms with Crippen LogP contribution >= 0.6 is 11.3 Å². The van der Waals surface area contributed by atoms with E-state index < -0.39 is 10.0 Å². The van der Waals surface area contributed by atoms with Crippen molar-refractivity contribution in [3.63, 3.8) is 0 Å². The lowest BCUT2D eigenvalue weighted by atomic mass is 10.2. The number of carbonyl (C=O) groups excluding carboxylic acids is 1. The molecule has 0 saturated carbocycles. The predicted octanol–water partition coefficient (Wildman–Crippen LogP) is -0.488. The molecule has 1 rings (SSSR count). The fourth-order valence-corrected chi connectivity index (χ4v) is 3.02. The van der Waals surface area contributed by atoms with E-state index in [1.807, 2.05) is 6.92 Å². The number of anilines is 1. The molecule has 102 valence electrons. The minimum absolute atomic E-state index is 0.133. The fraction of sp³-hybridized carbons (Fsp3) is 0.625. The Hall–Kier alpha value is -1.10. The van der Waals surface area contributed by atoms with Gasteiger partial charge in [0.05, 0.1) is 0 Å². The number of amides is 1. The van der Waals surface area contributed by atoms with Gasteiger partial charge >= 0.3 is 0 Å². The van der Waals surface area contributed by atoms with Crippen molar-refractivity contribution in [1.82, 2.24) is 14.9 Å². The molecule has 8 nitrogen and oxygen atoms in total. The molecule has 0 aliphatic carbocycles. The van der Waals surface area contributed by atoms with E-state index in [0.717, 1.165) is 11.3 Å². The van der Waals surface area contributed by atoms with Gasteiger partial charge in [-0.2, -0.15) is 0 Å². The molecule has 1 heterocycles. The van der Waals surface area contributed by atoms with E-state index >= 15 is 0 Å². The molecule has 0 saturated heterocycles. The van der Waals surface area contributed by atoms with Gasteiger partial charge in [0.2, 0.25) is 15.4 Å². The second kappa shape index (κ2) is 6.18. The Labute approximate surface area is 109 Å². The summed E-state index contributed by atoms with van der Waals surface area (Å²) in [7, 11) is -3.72. The molecule has 0 radical (unpaired) electrons. The second-order valence-electron chi connectivity index (χ2n) is 3.57. The highest BCUT2D eigenvalue weighted by Crippen LogP contribution is 2.19. The van der Waals surface area contributed by atoms with Crippen LogP contribution in [-0.4, -0.2) is 37.1 Å². The smallest absolute Gasteiger partial charge is 0.269 e. The van der Waals surface area contributed by atoms with Crippen LogP contribution in [-0.2, 0) is 14.8 Å². The third-order valence-electron chi connectivity index (χ3n) is 1.98. The van der Waals surface area contributed by atoms with Crippen molar-refractivity contribution in [1.29, 1.82) is 0 Å². The van der Waals surface area contributed by atoms with Gasteiger partial charge in [-0.15, -0.1) is 10.2 Å². The quantitative estimate of drug-likeness (QED) is 0.607. The largest absolute Gasteiger partial charge is 0.327 e. The van der Waals surface area contributed by atoms with Gasteiger partial charge in [0, 0.05) is 19.5 Å². The van der Waals surface area contributed by atoms with Gasteiger partial charge in [-0.1, -0.05) is 18.3 Å². The third-order valence-corrected chi connectivity index (χ3v) is 4.61. The van der Waals surface area contributed by atoms with Gasteiger partial charge < -0.3 is 11.1 Å². The van der Waals surface area contributed by atoms with E-state index in [4.69, 9.17) is 5.73 Å². The minimum atomic E-state index is -3.72. The van der Waals surface area contributed by atoms with Crippen molar-refractivity contribution in [3.05, 3.63) is 0 Å². The van der Waals surface area contributed by atoms with Gasteiger partial charge in [-0.3, -0.25) is 4.79 Å². The average molecular weight is 293 g/mol. The summed E-state index contributed by atoms with van der Waals surface area (Å²) in [5.41, 5.74) is 5.61. The van der Waals surface area contributed by atoms with Gasteiger partial charge in [0.1, 0.15) is 0 Å². The number of hydrogen-bond acceptors (Lipinski definition) is 7. The number of rotatable bonds is 6. The Balaban J connectivity index is 2.73. The number of aromatic nitrogens is 2. The first-order valence-electron chi connectivity index (χ1n) is 5.21. The molecule has 1 amide bonds. The number of sulfonamides is 1. The zero-order valence-corrected chi connectivity index (χ0v) is 11.6. The first-order valence-corrected chi connectivity index (χ1v) is 7.51. The van der Waals surface area contributed by atoms with Gasteiger partial charge in [-0.05, 0) is 6.42 Å². The van der Waals surface area contributed by atoms with Crippen LogP contribution in [0.5, 0.6) is 0 Å². The average Bonchev–Trinajstić information content (AvgIpc) is 2.74. The zero-order chi connectivity index (χ0) is 13.8. The van der Waals surface area contributed by atoms with E-state index in [1.165, 1.54) is 6.92 Å². The summed E-state index contributed by atoms with van der Waals surface area (Å²) >= 11 is 0.782. The summed E-state index contributed by atoms with van der Waals surface area (Å²) < 4.78 is 25.7. The standard InChI is InChI=1S/C8H15N5O3S2/c1-3-6(9)4-10-18(15,16)8-13-12-7(17-8)11-5(2)14/h6,10H,3-4,9H2,1-2H3,(H,11,12,14). The van der Waals surface area contributed by atoms with Crippen LogP contribution in [0.2, 0.25) is 0 Å². The molecule has 0 aliphatic rings. The van der Waals surface area contributed by atoms with Crippen molar-refractivity contribution in [3.8, 4) is 0 Å². The number of carbonyl (C=O) groups is 1. The first kappa shape index (κ1) is 15.0. The second-order valence-corrected chi connectivity index (χ2v) is 6.49. The highest BCUT2D eigenvalue weighted by molar-refractivity contribution is 7.91. The van der Waals surface area contributed by atoms with Crippen LogP contribution in [0.25, 0.3) is 0 Å². The summed E-state index contributed by atoms with van der Waals surface area (Å²) in [6, 6.07) is -0.248. The molecule has 0 bridgehead atoms. The molecule has 0 aromatic carbocycles. The molecular weight excluding hydrogens is 278 g/mol. The SMILES string of the molecule is CCC(N)CNS(=O)(=O)c1nnc(NC(C)=O)s1. The normalized spacial score (nSPS) is 13.3. The summed E-state index contributed by atoms with van der Waals surface area (Å²) in [6.07, 6.45) is 0.662. The topological polar surface area (TPSA) is 127 Å². The molecule has 0 spiro atoms. The highest BCUT2D eigenvalue weighted by Gasteiger charge is 2.20. The number of hydrogen-bond donors (Lipinski definition) is 3. The third kappa shape index (κ3) is 4.29. The predicted molar refractivity (Wildman–Crippen MR) is 67.7 cm³/mol. The lowest BCUT2D eigenvalue weighted by molar-refractivity contribution is -0.114. The molecular formula is C8H15N5O3S2. The molecule has 0 aliphatic heterocycles. The van der Waals surface area contributed by atoms with Crippen LogP contribution in [0, 0.1) is 0 Å². The van der Waals surface area contributed by atoms with Gasteiger partial charge in [0.15, 0.2) is 0 Å². The summed E-state index contributed by atoms with van der Waals surface area (Å²) in [4.78, 5) is 10.8. The first-order chi connectivity index (χ1) is 8.35. The van der Waals surface area contributed by atoms with Crippen molar-refractivity contribution in [2.75, 3.05) is 11.9 Å². The number of nitrogens with zero attached hydrogens (tertiary/aromatic N) is 2. The Bertz CT molecular complexity index is 513. The monoisotopic (exact) mass is 293 g/mol. The molecule has 1 aromatic rings. The molecule has 18 heavy (non-hydrogen) atoms. The molecule has 0 fully saturated rings. The minimum Gasteiger partial charge on any atom is -0.327 e. The van der Waals surface area contributed by atoms with Crippen molar-refractivity contribution >= 4 is 32.4 Å². The Morgan fingerprint density at radius 2 is 2.17 bits per heavy atom. The summed E-state index contributed by atoms with van der Waals surface area (Å²) in [6.45, 7) is 3.29. The van der Waals surface area contributed by atoms with Crippen LogP contribution in [0.3, 0.4) is 0 Å². The van der Waals surface area contributed by atoms with Crippen LogP contribution in [0.15, 0.2) is 4.34 Å². The lowest BCUT2D eigenvalue weighted by Gasteiger charge is -2.08. The molecule has 10 heteroatoms. The lowest BCUT2D eigenvalue weighted by Crippen LogP contribution is -2.36. The number of nitrogens with two attached hydrogens (primary N) is 1. The van der Waals surface area contributed by atoms with Crippen molar-refractivity contribution in [2.24, 2.45) is 5.73 Å². The van der Waals surface area contributed by atoms with Crippen molar-refractivity contribution in [2.45, 2.75) is 30.6 Å². The highest BCUT2D eigenvalue weighted by atomic mass is 32.2. The van der Waals surface area contributed by atoms with Crippen LogP contribution < -0.4 is 15.8 Å². The Morgan fingerprint density at radius 3 is 2.72 bits per heavy atom. The van der Waals surface area contributed by atoms with E-state index in [-0.39, 0.29) is 28.0 Å². The molecule has 1 unspecified atom stereocenters. The maximum atomic E-state index is 11.8. The maximum Gasteiger partial charge on any atom is 0.269 e. The van der Waals surface area contributed by atoms with E-state index in [0.29, 0.717) is 6.42 Å². The zero-order valence-electron chi connectivity index (χ0n) is 10.0. The maximum absolute atomic E-state index is 11.8. The summed E-state index contributed by atoms with van der Waals surface area (Å²) in [5, 5.41) is 9.57. The Kier molecular flexibility index (Phi) is 5.14.